The predicted molar refractivity (Wildman–Crippen MR) is 95.2 cm³/mol. The number of piperazine rings is 2. The number of amides is 1. The second-order valence-corrected chi connectivity index (χ2v) is 8.84. The molecule has 0 saturated carbocycles. The van der Waals surface area contributed by atoms with E-state index in [0.29, 0.717) is 37.1 Å². The van der Waals surface area contributed by atoms with Crippen molar-refractivity contribution >= 4 is 15.9 Å². The fourth-order valence-electron chi connectivity index (χ4n) is 3.54. The number of nitrogens with one attached hydrogen (secondary N) is 1. The third kappa shape index (κ3) is 3.78. The quantitative estimate of drug-likeness (QED) is 0.740. The number of nitrogens with zero attached hydrogens (tertiary/aromatic N) is 4. The Balaban J connectivity index is 1.59. The SMILES string of the molecule is Cc1noc(C)c1S(=O)(=O)N1CCN(C(=O)CN2CCNC[C@H]2C)CC1. The lowest BCUT2D eigenvalue weighted by atomic mass is 10.2. The number of hydrogen-bond acceptors (Lipinski definition) is 7. The van der Waals surface area contributed by atoms with Gasteiger partial charge in [-0.05, 0) is 20.8 Å². The second-order valence-electron chi connectivity index (χ2n) is 6.96. The maximum absolute atomic E-state index is 12.8. The van der Waals surface area contributed by atoms with Crippen molar-refractivity contribution in [2.45, 2.75) is 31.7 Å². The molecule has 10 heteroatoms. The van der Waals surface area contributed by atoms with E-state index in [4.69, 9.17) is 4.52 Å². The Morgan fingerprint density at radius 2 is 1.92 bits per heavy atom. The van der Waals surface area contributed by atoms with Crippen LogP contribution < -0.4 is 5.32 Å². The average molecular weight is 385 g/mol. The van der Waals surface area contributed by atoms with E-state index >= 15 is 0 Å². The van der Waals surface area contributed by atoms with E-state index in [1.807, 2.05) is 0 Å². The number of aromatic nitrogens is 1. The first-order valence-electron chi connectivity index (χ1n) is 8.96. The number of aryl methyl sites for hydroxylation is 2. The Morgan fingerprint density at radius 1 is 1.23 bits per heavy atom. The van der Waals surface area contributed by atoms with Crippen LogP contribution in [0, 0.1) is 13.8 Å². The highest BCUT2D eigenvalue weighted by molar-refractivity contribution is 7.89. The Bertz CT molecular complexity index is 735. The van der Waals surface area contributed by atoms with Crippen LogP contribution in [0.3, 0.4) is 0 Å². The van der Waals surface area contributed by atoms with Crippen molar-refractivity contribution in [1.82, 2.24) is 24.6 Å². The van der Waals surface area contributed by atoms with E-state index < -0.39 is 10.0 Å². The van der Waals surface area contributed by atoms with Gasteiger partial charge in [0.1, 0.15) is 10.6 Å². The topological polar surface area (TPSA) is 99.0 Å². The summed E-state index contributed by atoms with van der Waals surface area (Å²) >= 11 is 0. The molecule has 1 amide bonds. The molecule has 3 rings (SSSR count). The van der Waals surface area contributed by atoms with Crippen LogP contribution >= 0.6 is 0 Å². The lowest BCUT2D eigenvalue weighted by molar-refractivity contribution is -0.134. The van der Waals surface area contributed by atoms with Crippen molar-refractivity contribution in [3.8, 4) is 0 Å². The van der Waals surface area contributed by atoms with Crippen molar-refractivity contribution in [2.75, 3.05) is 52.4 Å². The van der Waals surface area contributed by atoms with Crippen molar-refractivity contribution < 1.29 is 17.7 Å². The van der Waals surface area contributed by atoms with E-state index in [-0.39, 0.29) is 23.9 Å². The maximum atomic E-state index is 12.8. The smallest absolute Gasteiger partial charge is 0.248 e. The number of carbonyl (C=O) groups is 1. The standard InChI is InChI=1S/C16H27N5O4S/c1-12-10-17-4-5-20(12)11-15(22)19-6-8-21(9-7-19)26(23,24)16-13(2)18-25-14(16)3/h12,17H,4-11H2,1-3H3/t12-/m1/s1. The summed E-state index contributed by atoms with van der Waals surface area (Å²) in [5.74, 6) is 0.363. The van der Waals surface area contributed by atoms with E-state index in [2.05, 4.69) is 22.3 Å². The maximum Gasteiger partial charge on any atom is 0.248 e. The molecule has 1 aromatic rings. The van der Waals surface area contributed by atoms with Crippen molar-refractivity contribution in [3.05, 3.63) is 11.5 Å². The third-order valence-corrected chi connectivity index (χ3v) is 7.28. The van der Waals surface area contributed by atoms with Crippen LogP contribution in [0.4, 0.5) is 0 Å². The Hall–Kier alpha value is -1.49. The Kier molecular flexibility index (Phi) is 5.66. The van der Waals surface area contributed by atoms with Crippen LogP contribution in [-0.2, 0) is 14.8 Å². The highest BCUT2D eigenvalue weighted by Crippen LogP contribution is 2.24. The van der Waals surface area contributed by atoms with Gasteiger partial charge in [-0.15, -0.1) is 0 Å². The van der Waals surface area contributed by atoms with Crippen molar-refractivity contribution in [1.29, 1.82) is 0 Å². The Morgan fingerprint density at radius 3 is 2.50 bits per heavy atom. The highest BCUT2D eigenvalue weighted by Gasteiger charge is 2.34. The van der Waals surface area contributed by atoms with Crippen LogP contribution in [0.25, 0.3) is 0 Å². The van der Waals surface area contributed by atoms with Gasteiger partial charge < -0.3 is 14.7 Å². The molecule has 2 fully saturated rings. The second kappa shape index (κ2) is 7.63. The first kappa shape index (κ1) is 19.3. The molecule has 1 N–H and O–H groups in total. The summed E-state index contributed by atoms with van der Waals surface area (Å²) in [4.78, 5) is 16.7. The minimum atomic E-state index is -3.64. The minimum absolute atomic E-state index is 0.0631. The van der Waals surface area contributed by atoms with Crippen LogP contribution in [0.15, 0.2) is 9.42 Å². The first-order chi connectivity index (χ1) is 12.3. The molecule has 0 radical (unpaired) electrons. The summed E-state index contributed by atoms with van der Waals surface area (Å²) < 4.78 is 32.1. The molecule has 0 unspecified atom stereocenters. The average Bonchev–Trinajstić information content (AvgIpc) is 2.96. The summed E-state index contributed by atoms with van der Waals surface area (Å²) in [6, 6.07) is 0.328. The largest absolute Gasteiger partial charge is 0.360 e. The molecular weight excluding hydrogens is 358 g/mol. The van der Waals surface area contributed by atoms with E-state index in [0.717, 1.165) is 19.6 Å². The van der Waals surface area contributed by atoms with Gasteiger partial charge in [-0.1, -0.05) is 5.16 Å². The molecular formula is C16H27N5O4S. The van der Waals surface area contributed by atoms with Gasteiger partial charge in [0.25, 0.3) is 0 Å². The lowest BCUT2D eigenvalue weighted by Crippen LogP contribution is -2.56. The lowest BCUT2D eigenvalue weighted by Gasteiger charge is -2.37. The number of sulfonamides is 1. The van der Waals surface area contributed by atoms with E-state index in [9.17, 15) is 13.2 Å². The highest BCUT2D eigenvalue weighted by atomic mass is 32.2. The molecule has 1 atom stereocenters. The fraction of sp³-hybridized carbons (Fsp3) is 0.750. The molecule has 0 aliphatic carbocycles. The Labute approximate surface area is 154 Å². The van der Waals surface area contributed by atoms with Crippen molar-refractivity contribution in [2.24, 2.45) is 0 Å². The summed E-state index contributed by atoms with van der Waals surface area (Å²) in [6.45, 7) is 9.73. The van der Waals surface area contributed by atoms with Gasteiger partial charge in [0.15, 0.2) is 5.76 Å². The van der Waals surface area contributed by atoms with Gasteiger partial charge >= 0.3 is 0 Å². The zero-order chi connectivity index (χ0) is 18.9. The fourth-order valence-corrected chi connectivity index (χ4v) is 5.25. The summed E-state index contributed by atoms with van der Waals surface area (Å²) in [5.41, 5.74) is 0.369. The molecule has 146 valence electrons. The molecule has 26 heavy (non-hydrogen) atoms. The molecule has 9 nitrogen and oxygen atoms in total. The van der Waals surface area contributed by atoms with Crippen LogP contribution in [-0.4, -0.2) is 92.0 Å². The van der Waals surface area contributed by atoms with Gasteiger partial charge in [-0.25, -0.2) is 8.42 Å². The van der Waals surface area contributed by atoms with Crippen molar-refractivity contribution in [3.63, 3.8) is 0 Å². The van der Waals surface area contributed by atoms with Gasteiger partial charge in [0, 0.05) is 51.9 Å². The van der Waals surface area contributed by atoms with Crippen LogP contribution in [0.5, 0.6) is 0 Å². The van der Waals surface area contributed by atoms with Crippen LogP contribution in [0.2, 0.25) is 0 Å². The van der Waals surface area contributed by atoms with E-state index in [1.54, 1.807) is 18.7 Å². The first-order valence-corrected chi connectivity index (χ1v) is 10.4. The molecule has 3 heterocycles. The molecule has 1 aromatic heterocycles. The summed E-state index contributed by atoms with van der Waals surface area (Å²) in [5, 5.41) is 7.05. The van der Waals surface area contributed by atoms with Crippen LogP contribution in [0.1, 0.15) is 18.4 Å². The monoisotopic (exact) mass is 385 g/mol. The van der Waals surface area contributed by atoms with Gasteiger partial charge in [0.05, 0.1) is 6.54 Å². The molecule has 2 aliphatic rings. The summed E-state index contributed by atoms with van der Waals surface area (Å²) in [7, 11) is -3.64. The zero-order valence-corrected chi connectivity index (χ0v) is 16.4. The summed E-state index contributed by atoms with van der Waals surface area (Å²) in [6.07, 6.45) is 0. The zero-order valence-electron chi connectivity index (χ0n) is 15.6. The van der Waals surface area contributed by atoms with Gasteiger partial charge in [-0.3, -0.25) is 9.69 Å². The number of hydrogen-bond donors (Lipinski definition) is 1. The van der Waals surface area contributed by atoms with Gasteiger partial charge in [0.2, 0.25) is 15.9 Å². The number of rotatable bonds is 4. The molecule has 2 aliphatic heterocycles. The molecule has 0 bridgehead atoms. The minimum Gasteiger partial charge on any atom is -0.360 e. The van der Waals surface area contributed by atoms with E-state index in [1.165, 1.54) is 4.31 Å². The third-order valence-electron chi connectivity index (χ3n) is 5.13. The molecule has 0 spiro atoms. The van der Waals surface area contributed by atoms with Gasteiger partial charge in [-0.2, -0.15) is 4.31 Å². The normalized spacial score (nSPS) is 23.3. The molecule has 2 saturated heterocycles. The number of carbonyl (C=O) groups excluding carboxylic acids is 1. The molecule has 0 aromatic carbocycles. The predicted octanol–water partition coefficient (Wildman–Crippen LogP) is -0.582.